The monoisotopic (exact) mass is 539 g/mol. The summed E-state index contributed by atoms with van der Waals surface area (Å²) in [5, 5.41) is 7.47. The van der Waals surface area contributed by atoms with Gasteiger partial charge in [0.25, 0.3) is 0 Å². The maximum absolute atomic E-state index is 14.8. The number of aryl methyl sites for hydroxylation is 2. The molecule has 0 aliphatic rings. The van der Waals surface area contributed by atoms with Crippen LogP contribution in [0.3, 0.4) is 0 Å². The van der Waals surface area contributed by atoms with Crippen molar-refractivity contribution in [3.8, 4) is 22.9 Å². The van der Waals surface area contributed by atoms with Crippen molar-refractivity contribution in [2.45, 2.75) is 26.2 Å². The van der Waals surface area contributed by atoms with Crippen LogP contribution in [-0.4, -0.2) is 33.5 Å². The number of fused-ring (bicyclic) bond motifs is 1. The van der Waals surface area contributed by atoms with Crippen LogP contribution >= 0.6 is 0 Å². The fourth-order valence-corrected chi connectivity index (χ4v) is 4.32. The highest BCUT2D eigenvalue weighted by atomic mass is 19.2. The highest BCUT2D eigenvalue weighted by Crippen LogP contribution is 2.37. The quantitative estimate of drug-likeness (QED) is 0.154. The Hall–Kier alpha value is -4.44. The molecule has 0 amide bonds. The molecule has 0 unspecified atom stereocenters. The van der Waals surface area contributed by atoms with Crippen LogP contribution in [0, 0.1) is 30.2 Å². The number of imidazole rings is 1. The Bertz CT molecular complexity index is 1630. The van der Waals surface area contributed by atoms with E-state index in [1.165, 1.54) is 24.5 Å². The maximum atomic E-state index is 14.8. The summed E-state index contributed by atoms with van der Waals surface area (Å²) in [5.74, 6) is -3.28. The highest BCUT2D eigenvalue weighted by Gasteiger charge is 2.21. The summed E-state index contributed by atoms with van der Waals surface area (Å²) >= 11 is 0. The lowest BCUT2D eigenvalue weighted by Crippen LogP contribution is -1.99. The third kappa shape index (κ3) is 5.56. The highest BCUT2D eigenvalue weighted by molar-refractivity contribution is 5.86. The summed E-state index contributed by atoms with van der Waals surface area (Å²) in [7, 11) is 1.00. The summed E-state index contributed by atoms with van der Waals surface area (Å²) in [6, 6.07) is 10.4. The molecule has 0 saturated heterocycles. The van der Waals surface area contributed by atoms with Crippen molar-refractivity contribution in [1.29, 1.82) is 0 Å². The Kier molecular flexibility index (Phi) is 8.46. The number of nitrogens with zero attached hydrogens (tertiary/aromatic N) is 1. The van der Waals surface area contributed by atoms with Gasteiger partial charge in [-0.2, -0.15) is 4.39 Å². The van der Waals surface area contributed by atoms with Crippen LogP contribution in [0.4, 0.5) is 17.6 Å². The Balaban J connectivity index is 0.00000172. The number of rotatable bonds is 8. The van der Waals surface area contributed by atoms with Gasteiger partial charge in [0.15, 0.2) is 11.6 Å². The molecule has 202 valence electrons. The van der Waals surface area contributed by atoms with Gasteiger partial charge in [-0.05, 0) is 48.7 Å². The zero-order chi connectivity index (χ0) is 28.1. The molecular weight excluding hydrogens is 514 g/mol. The van der Waals surface area contributed by atoms with Gasteiger partial charge in [0.1, 0.15) is 29.5 Å². The predicted molar refractivity (Wildman–Crippen MR) is 139 cm³/mol. The van der Waals surface area contributed by atoms with Crippen LogP contribution in [0.1, 0.15) is 28.8 Å². The summed E-state index contributed by atoms with van der Waals surface area (Å²) in [5.41, 5.74) is 1.86. The van der Waals surface area contributed by atoms with Crippen LogP contribution in [0.15, 0.2) is 54.9 Å². The molecule has 0 saturated carbocycles. The van der Waals surface area contributed by atoms with Crippen molar-refractivity contribution in [1.82, 2.24) is 15.0 Å². The second kappa shape index (κ2) is 12.0. The van der Waals surface area contributed by atoms with Crippen LogP contribution in [0.5, 0.6) is 11.5 Å². The van der Waals surface area contributed by atoms with Gasteiger partial charge in [-0.15, -0.1) is 0 Å². The molecular formula is C29H25F4N3O3. The van der Waals surface area contributed by atoms with E-state index in [-0.39, 0.29) is 41.2 Å². The van der Waals surface area contributed by atoms with E-state index in [4.69, 9.17) is 9.84 Å². The number of H-pyrrole nitrogens is 2. The van der Waals surface area contributed by atoms with Crippen molar-refractivity contribution in [2.24, 2.45) is 0 Å². The smallest absolute Gasteiger partial charge is 0.203 e. The fraction of sp³-hybridized carbons (Fsp3) is 0.172. The van der Waals surface area contributed by atoms with E-state index < -0.39 is 23.3 Å². The largest absolute Gasteiger partial charge is 0.454 e. The molecule has 0 aliphatic heterocycles. The Morgan fingerprint density at radius 2 is 1.77 bits per heavy atom. The standard InChI is InChI=1S/C28H21F4N3O2.CH4O/c1-15-20-9-10-33-26(20)24(31)25(32)27(15)37-19-7-8-22(29)21(13-19)28-34-14-18(35-28)12-17-5-2-4-16(23(17)30)6-3-11-36;1-2/h2,4-5,7-11,13-14,33H,3,6,12H2,1H3,(H,34,35);2H,1H3. The first-order chi connectivity index (χ1) is 18.9. The third-order valence-electron chi connectivity index (χ3n) is 6.22. The van der Waals surface area contributed by atoms with E-state index in [1.54, 1.807) is 31.2 Å². The first-order valence-electron chi connectivity index (χ1n) is 12.0. The molecule has 3 aromatic carbocycles. The lowest BCUT2D eigenvalue weighted by atomic mass is 10.0. The van der Waals surface area contributed by atoms with Gasteiger partial charge >= 0.3 is 0 Å². The number of aliphatic hydroxyl groups excluding tert-OH is 1. The molecule has 0 radical (unpaired) electrons. The van der Waals surface area contributed by atoms with Gasteiger partial charge in [-0.3, -0.25) is 0 Å². The molecule has 39 heavy (non-hydrogen) atoms. The number of nitrogens with one attached hydrogen (secondary N) is 2. The minimum Gasteiger partial charge on any atom is -0.454 e. The van der Waals surface area contributed by atoms with Gasteiger partial charge in [0.2, 0.25) is 5.82 Å². The third-order valence-corrected chi connectivity index (χ3v) is 6.22. The van der Waals surface area contributed by atoms with Crippen LogP contribution in [0.2, 0.25) is 0 Å². The lowest BCUT2D eigenvalue weighted by molar-refractivity contribution is -0.107. The van der Waals surface area contributed by atoms with Gasteiger partial charge < -0.3 is 24.6 Å². The van der Waals surface area contributed by atoms with E-state index in [0.29, 0.717) is 34.2 Å². The van der Waals surface area contributed by atoms with Crippen LogP contribution < -0.4 is 4.74 Å². The minimum atomic E-state index is -1.16. The van der Waals surface area contributed by atoms with Crippen molar-refractivity contribution < 1.29 is 32.2 Å². The number of carbonyl (C=O) groups is 1. The SMILES string of the molecule is CO.Cc1c(Oc2ccc(F)c(-c3ncc(Cc4cccc(CCC=O)c4F)[nH]3)c2)c(F)c(F)c2[nH]ccc12. The Morgan fingerprint density at radius 3 is 2.54 bits per heavy atom. The number of benzene rings is 3. The number of hydrogen-bond acceptors (Lipinski definition) is 4. The average molecular weight is 540 g/mol. The maximum Gasteiger partial charge on any atom is 0.203 e. The zero-order valence-corrected chi connectivity index (χ0v) is 21.1. The second-order valence-electron chi connectivity index (χ2n) is 8.62. The summed E-state index contributed by atoms with van der Waals surface area (Å²) in [6.07, 6.45) is 4.41. The van der Waals surface area contributed by atoms with Gasteiger partial charge in [-0.1, -0.05) is 18.2 Å². The lowest BCUT2D eigenvalue weighted by Gasteiger charge is -2.13. The van der Waals surface area contributed by atoms with Crippen molar-refractivity contribution in [2.75, 3.05) is 7.11 Å². The number of halogens is 4. The summed E-state index contributed by atoms with van der Waals surface area (Å²) in [4.78, 5) is 20.5. The number of aliphatic hydroxyl groups is 1. The molecule has 0 aliphatic carbocycles. The minimum absolute atomic E-state index is 0.0379. The van der Waals surface area contributed by atoms with E-state index in [0.717, 1.165) is 19.5 Å². The Morgan fingerprint density at radius 1 is 1.00 bits per heavy atom. The van der Waals surface area contributed by atoms with Gasteiger partial charge in [0, 0.05) is 49.0 Å². The van der Waals surface area contributed by atoms with Gasteiger partial charge in [-0.25, -0.2) is 18.2 Å². The number of hydrogen-bond donors (Lipinski definition) is 3. The van der Waals surface area contributed by atoms with E-state index in [9.17, 15) is 22.4 Å². The molecule has 3 N–H and O–H groups in total. The zero-order valence-electron chi connectivity index (χ0n) is 21.1. The number of aromatic nitrogens is 3. The molecule has 0 bridgehead atoms. The summed E-state index contributed by atoms with van der Waals surface area (Å²) < 4.78 is 64.4. The van der Waals surface area contributed by atoms with Gasteiger partial charge in [0.05, 0.1) is 11.1 Å². The van der Waals surface area contributed by atoms with E-state index in [2.05, 4.69) is 15.0 Å². The van der Waals surface area contributed by atoms with Crippen molar-refractivity contribution in [3.05, 3.63) is 101 Å². The number of carbonyl (C=O) groups excluding carboxylic acids is 1. The molecule has 2 heterocycles. The number of aromatic amines is 2. The average Bonchev–Trinajstić information content (AvgIpc) is 3.63. The normalized spacial score (nSPS) is 10.8. The molecule has 0 fully saturated rings. The molecule has 6 nitrogen and oxygen atoms in total. The van der Waals surface area contributed by atoms with Crippen LogP contribution in [0.25, 0.3) is 22.3 Å². The number of ether oxygens (including phenoxy) is 1. The van der Waals surface area contributed by atoms with E-state index >= 15 is 0 Å². The molecule has 10 heteroatoms. The Labute approximate surface area is 221 Å². The first-order valence-corrected chi connectivity index (χ1v) is 12.0. The molecule has 5 rings (SSSR count). The van der Waals surface area contributed by atoms with E-state index in [1.807, 2.05) is 0 Å². The molecule has 0 atom stereocenters. The van der Waals surface area contributed by atoms with Crippen LogP contribution in [-0.2, 0) is 17.6 Å². The summed E-state index contributed by atoms with van der Waals surface area (Å²) in [6.45, 7) is 1.60. The predicted octanol–water partition coefficient (Wildman–Crippen LogP) is 6.55. The fourth-order valence-electron chi connectivity index (χ4n) is 4.32. The topological polar surface area (TPSA) is 91.0 Å². The number of aldehydes is 1. The molecule has 5 aromatic rings. The van der Waals surface area contributed by atoms with Crippen molar-refractivity contribution in [3.63, 3.8) is 0 Å². The molecule has 0 spiro atoms. The first kappa shape index (κ1) is 27.6. The van der Waals surface area contributed by atoms with Crippen molar-refractivity contribution >= 4 is 17.2 Å². The molecule has 2 aromatic heterocycles. The second-order valence-corrected chi connectivity index (χ2v) is 8.62.